The molecule has 3 aromatic carbocycles. The van der Waals surface area contributed by atoms with E-state index in [0.717, 1.165) is 45.6 Å². The second kappa shape index (κ2) is 13.3. The molecule has 42 heavy (non-hydrogen) atoms. The maximum atomic E-state index is 13.0. The fourth-order valence-electron chi connectivity index (χ4n) is 6.83. The number of rotatable bonds is 2. The summed E-state index contributed by atoms with van der Waals surface area (Å²) in [6, 6.07) is 24.0. The molecule has 5 heteroatoms. The van der Waals surface area contributed by atoms with Crippen molar-refractivity contribution >= 4 is 22.5 Å². The molecule has 4 nitrogen and oxygen atoms in total. The first-order chi connectivity index (χ1) is 19.4. The van der Waals surface area contributed by atoms with E-state index < -0.39 is 0 Å². The zero-order valence-corrected chi connectivity index (χ0v) is 23.8. The molecule has 4 aliphatic heterocycles. The summed E-state index contributed by atoms with van der Waals surface area (Å²) >= 11 is 0. The van der Waals surface area contributed by atoms with Crippen molar-refractivity contribution in [3.8, 4) is 0 Å². The summed E-state index contributed by atoms with van der Waals surface area (Å²) in [5.41, 5.74) is 9.47. The Morgan fingerprint density at radius 3 is 1.67 bits per heavy atom. The zero-order valence-electron chi connectivity index (χ0n) is 23.8. The van der Waals surface area contributed by atoms with Crippen molar-refractivity contribution in [1.82, 2.24) is 10.2 Å². The second-order valence-corrected chi connectivity index (χ2v) is 12.0. The molecule has 2 saturated heterocycles. The zero-order chi connectivity index (χ0) is 27.6. The highest BCUT2D eigenvalue weighted by Crippen LogP contribution is 2.39. The predicted octanol–water partition coefficient (Wildman–Crippen LogP) is 8.60. The van der Waals surface area contributed by atoms with E-state index in [1.54, 1.807) is 12.1 Å². The molecule has 4 aliphatic rings. The SMILES string of the molecule is C.C.CC1=CC2(CCN(Cc3ccc(F)cc3)CC2)Nc2ccccc21.CC1=CC2(CCNCC2)Nc2ccccc21. The largest absolute Gasteiger partial charge is 0.376 e. The van der Waals surface area contributed by atoms with E-state index in [1.807, 2.05) is 12.1 Å². The molecule has 2 spiro atoms. The van der Waals surface area contributed by atoms with Crippen molar-refractivity contribution in [2.24, 2.45) is 0 Å². The molecule has 0 amide bonds. The Hall–Kier alpha value is -3.41. The van der Waals surface area contributed by atoms with Crippen LogP contribution in [0.15, 0.2) is 84.9 Å². The number of allylic oxidation sites excluding steroid dienone is 2. The van der Waals surface area contributed by atoms with Crippen LogP contribution in [0.2, 0.25) is 0 Å². The molecule has 0 saturated carbocycles. The van der Waals surface area contributed by atoms with Gasteiger partial charge in [0.1, 0.15) is 5.82 Å². The van der Waals surface area contributed by atoms with Gasteiger partial charge in [-0.1, -0.05) is 75.5 Å². The van der Waals surface area contributed by atoms with Crippen molar-refractivity contribution in [3.63, 3.8) is 0 Å². The van der Waals surface area contributed by atoms with Gasteiger partial charge in [-0.05, 0) is 93.6 Å². The quantitative estimate of drug-likeness (QED) is 0.289. The number of piperidine rings is 2. The minimum Gasteiger partial charge on any atom is -0.376 e. The number of likely N-dealkylation sites (tertiary alicyclic amines) is 1. The fraction of sp³-hybridized carbons (Fsp3) is 0.405. The highest BCUT2D eigenvalue weighted by Gasteiger charge is 2.36. The number of benzene rings is 3. The summed E-state index contributed by atoms with van der Waals surface area (Å²) in [7, 11) is 0. The van der Waals surface area contributed by atoms with E-state index in [-0.39, 0.29) is 31.7 Å². The number of anilines is 2. The van der Waals surface area contributed by atoms with Crippen molar-refractivity contribution in [1.29, 1.82) is 0 Å². The number of nitrogens with one attached hydrogen (secondary N) is 3. The van der Waals surface area contributed by atoms with E-state index in [9.17, 15) is 4.39 Å². The predicted molar refractivity (Wildman–Crippen MR) is 179 cm³/mol. The highest BCUT2D eigenvalue weighted by atomic mass is 19.1. The summed E-state index contributed by atoms with van der Waals surface area (Å²) in [6.07, 6.45) is 9.40. The van der Waals surface area contributed by atoms with Gasteiger partial charge in [0.25, 0.3) is 0 Å². The van der Waals surface area contributed by atoms with Gasteiger partial charge in [-0.2, -0.15) is 0 Å². The molecular formula is C37H49FN4. The summed E-state index contributed by atoms with van der Waals surface area (Å²) < 4.78 is 13.0. The van der Waals surface area contributed by atoms with Crippen molar-refractivity contribution in [2.45, 2.75) is 72.0 Å². The third-order valence-corrected chi connectivity index (χ3v) is 9.02. The van der Waals surface area contributed by atoms with Gasteiger partial charge in [-0.25, -0.2) is 4.39 Å². The molecule has 0 aliphatic carbocycles. The van der Waals surface area contributed by atoms with Gasteiger partial charge in [0.15, 0.2) is 0 Å². The Labute approximate surface area is 253 Å². The Balaban J connectivity index is 0.000000197. The maximum Gasteiger partial charge on any atom is 0.123 e. The summed E-state index contributed by atoms with van der Waals surface area (Å²) in [6.45, 7) is 9.66. The number of hydrogen-bond donors (Lipinski definition) is 3. The van der Waals surface area contributed by atoms with Crippen molar-refractivity contribution in [2.75, 3.05) is 36.8 Å². The van der Waals surface area contributed by atoms with E-state index in [4.69, 9.17) is 0 Å². The molecule has 0 atom stereocenters. The van der Waals surface area contributed by atoms with E-state index in [2.05, 4.69) is 95.4 Å². The lowest BCUT2D eigenvalue weighted by Crippen LogP contribution is -2.48. The van der Waals surface area contributed by atoms with Gasteiger partial charge in [-0.3, -0.25) is 4.90 Å². The molecule has 224 valence electrons. The van der Waals surface area contributed by atoms with Gasteiger partial charge in [0.05, 0.1) is 11.1 Å². The maximum absolute atomic E-state index is 13.0. The molecule has 0 unspecified atom stereocenters. The number of para-hydroxylation sites is 2. The van der Waals surface area contributed by atoms with Crippen LogP contribution >= 0.6 is 0 Å². The molecule has 0 aromatic heterocycles. The number of hydrogen-bond acceptors (Lipinski definition) is 4. The van der Waals surface area contributed by atoms with Crippen LogP contribution in [0.5, 0.6) is 0 Å². The van der Waals surface area contributed by atoms with Crippen LogP contribution < -0.4 is 16.0 Å². The molecule has 3 N–H and O–H groups in total. The Morgan fingerprint density at radius 2 is 1.14 bits per heavy atom. The van der Waals surface area contributed by atoms with E-state index in [0.29, 0.717) is 0 Å². The topological polar surface area (TPSA) is 39.3 Å². The van der Waals surface area contributed by atoms with Crippen molar-refractivity contribution in [3.05, 3.63) is 107 Å². The third kappa shape index (κ3) is 6.79. The van der Waals surface area contributed by atoms with Crippen LogP contribution in [0.3, 0.4) is 0 Å². The summed E-state index contributed by atoms with van der Waals surface area (Å²) in [5.74, 6) is -0.165. The van der Waals surface area contributed by atoms with Crippen LogP contribution in [-0.4, -0.2) is 42.2 Å². The molecular weight excluding hydrogens is 519 g/mol. The van der Waals surface area contributed by atoms with Crippen molar-refractivity contribution < 1.29 is 4.39 Å². The van der Waals surface area contributed by atoms with Gasteiger partial charge >= 0.3 is 0 Å². The molecule has 2 fully saturated rings. The van der Waals surface area contributed by atoms with Gasteiger partial charge in [-0.15, -0.1) is 0 Å². The minimum absolute atomic E-state index is 0. The Kier molecular flexibility index (Phi) is 9.96. The van der Waals surface area contributed by atoms with Crippen LogP contribution in [0.1, 0.15) is 71.1 Å². The smallest absolute Gasteiger partial charge is 0.123 e. The monoisotopic (exact) mass is 568 g/mol. The second-order valence-electron chi connectivity index (χ2n) is 12.0. The number of halogens is 1. The standard InChI is InChI=1S/C21H23FN2.C14H18N2.2CH4/c1-16-14-21(23-20-5-3-2-4-19(16)20)10-12-24(13-11-21)15-17-6-8-18(22)9-7-17;1-11-10-14(6-8-15-9-7-14)16-13-5-3-2-4-12(11)13;;/h2-9,14,23H,10-13,15H2,1H3;2-5,10,15-16H,6-9H2,1H3;2*1H4. The summed E-state index contributed by atoms with van der Waals surface area (Å²) in [5, 5.41) is 10.9. The Morgan fingerprint density at radius 1 is 0.667 bits per heavy atom. The fourth-order valence-corrected chi connectivity index (χ4v) is 6.83. The first kappa shape index (κ1) is 31.5. The molecule has 3 aromatic rings. The first-order valence-corrected chi connectivity index (χ1v) is 14.7. The van der Waals surface area contributed by atoms with Crippen LogP contribution in [-0.2, 0) is 6.54 Å². The Bertz CT molecular complexity index is 1390. The van der Waals surface area contributed by atoms with Crippen LogP contribution in [0.25, 0.3) is 11.1 Å². The van der Waals surface area contributed by atoms with Crippen LogP contribution in [0, 0.1) is 5.82 Å². The molecule has 7 rings (SSSR count). The number of nitrogens with zero attached hydrogens (tertiary/aromatic N) is 1. The average molecular weight is 569 g/mol. The highest BCUT2D eigenvalue weighted by molar-refractivity contribution is 5.81. The van der Waals surface area contributed by atoms with E-state index in [1.165, 1.54) is 52.1 Å². The van der Waals surface area contributed by atoms with E-state index >= 15 is 0 Å². The molecule has 4 heterocycles. The van der Waals surface area contributed by atoms with Crippen LogP contribution in [0.4, 0.5) is 15.8 Å². The van der Waals surface area contributed by atoms with Gasteiger partial charge < -0.3 is 16.0 Å². The lowest BCUT2D eigenvalue weighted by molar-refractivity contribution is 0.186. The normalized spacial score (nSPS) is 19.6. The summed E-state index contributed by atoms with van der Waals surface area (Å²) in [4.78, 5) is 2.46. The average Bonchev–Trinajstić information content (AvgIpc) is 2.96. The lowest BCUT2D eigenvalue weighted by Gasteiger charge is -2.44. The first-order valence-electron chi connectivity index (χ1n) is 14.7. The van der Waals surface area contributed by atoms with Gasteiger partial charge in [0.2, 0.25) is 0 Å². The lowest BCUT2D eigenvalue weighted by atomic mass is 9.81. The van der Waals surface area contributed by atoms with Gasteiger partial charge in [0, 0.05) is 42.1 Å². The molecule has 0 radical (unpaired) electrons. The number of fused-ring (bicyclic) bond motifs is 2. The minimum atomic E-state index is -0.165. The third-order valence-electron chi connectivity index (χ3n) is 9.02. The molecule has 0 bridgehead atoms.